The summed E-state index contributed by atoms with van der Waals surface area (Å²) in [6, 6.07) is 17.1. The molecule has 2 N–H and O–H groups in total. The van der Waals surface area contributed by atoms with Gasteiger partial charge in [0, 0.05) is 16.3 Å². The highest BCUT2D eigenvalue weighted by Gasteiger charge is 2.47. The van der Waals surface area contributed by atoms with Crippen molar-refractivity contribution in [3.8, 4) is 11.5 Å². The largest absolute Gasteiger partial charge is 0.508 e. The van der Waals surface area contributed by atoms with E-state index in [-0.39, 0.29) is 23.0 Å². The van der Waals surface area contributed by atoms with E-state index in [9.17, 15) is 19.8 Å². The lowest BCUT2D eigenvalue weighted by Crippen LogP contribution is -2.29. The minimum atomic E-state index is -0.947. The third-order valence-corrected chi connectivity index (χ3v) is 6.19. The van der Waals surface area contributed by atoms with Crippen LogP contribution in [0.1, 0.15) is 49.4 Å². The summed E-state index contributed by atoms with van der Waals surface area (Å²) in [6.07, 6.45) is 0. The fourth-order valence-electron chi connectivity index (χ4n) is 4.30. The van der Waals surface area contributed by atoms with Gasteiger partial charge in [-0.1, -0.05) is 37.6 Å². The zero-order valence-electron chi connectivity index (χ0n) is 19.7. The molecule has 0 saturated carbocycles. The summed E-state index contributed by atoms with van der Waals surface area (Å²) < 4.78 is 5.72. The van der Waals surface area contributed by atoms with E-state index in [1.807, 2.05) is 20.8 Å². The number of benzene rings is 3. The van der Waals surface area contributed by atoms with Crippen LogP contribution in [0.25, 0.3) is 5.76 Å². The Bertz CT molecular complexity index is 1310. The van der Waals surface area contributed by atoms with Gasteiger partial charge in [-0.3, -0.25) is 14.5 Å². The Morgan fingerprint density at radius 1 is 1.06 bits per heavy atom. The second kappa shape index (κ2) is 9.84. The highest BCUT2D eigenvalue weighted by molar-refractivity contribution is 6.51. The first-order valence-corrected chi connectivity index (χ1v) is 11.7. The Balaban J connectivity index is 1.93. The monoisotopic (exact) mass is 491 g/mol. The average Bonchev–Trinajstić information content (AvgIpc) is 3.10. The Morgan fingerprint density at radius 3 is 2.40 bits per heavy atom. The first kappa shape index (κ1) is 24.4. The third kappa shape index (κ3) is 4.62. The third-order valence-electron chi connectivity index (χ3n) is 5.94. The topological polar surface area (TPSA) is 87.1 Å². The second-order valence-electron chi connectivity index (χ2n) is 8.58. The molecule has 1 amide bonds. The van der Waals surface area contributed by atoms with Gasteiger partial charge in [-0.25, -0.2) is 0 Å². The average molecular weight is 492 g/mol. The van der Waals surface area contributed by atoms with Gasteiger partial charge >= 0.3 is 0 Å². The molecule has 1 aliphatic heterocycles. The van der Waals surface area contributed by atoms with Crippen LogP contribution in [-0.4, -0.2) is 28.5 Å². The number of amides is 1. The number of aliphatic hydroxyl groups is 1. The van der Waals surface area contributed by atoms with Gasteiger partial charge in [-0.05, 0) is 78.6 Å². The molecule has 0 spiro atoms. The number of nitrogens with zero attached hydrogens (tertiary/aromatic N) is 1. The summed E-state index contributed by atoms with van der Waals surface area (Å²) in [4.78, 5) is 27.9. The number of aromatic hydroxyl groups is 1. The number of anilines is 1. The number of carbonyl (C=O) groups is 2. The molecule has 180 valence electrons. The van der Waals surface area contributed by atoms with Gasteiger partial charge < -0.3 is 14.9 Å². The van der Waals surface area contributed by atoms with Crippen LogP contribution in [0, 0.1) is 0 Å². The highest BCUT2D eigenvalue weighted by atomic mass is 35.5. The molecule has 1 heterocycles. The smallest absolute Gasteiger partial charge is 0.300 e. The van der Waals surface area contributed by atoms with Crippen LogP contribution in [0.15, 0.2) is 72.3 Å². The number of carbonyl (C=O) groups excluding carboxylic acids is 2. The molecule has 0 radical (unpaired) electrons. The van der Waals surface area contributed by atoms with Gasteiger partial charge in [0.25, 0.3) is 11.7 Å². The predicted octanol–water partition coefficient (Wildman–Crippen LogP) is 6.19. The summed E-state index contributed by atoms with van der Waals surface area (Å²) >= 11 is 6.03. The Kier molecular flexibility index (Phi) is 6.85. The number of Topliss-reactive ketones (excluding diaryl/α,β-unsaturated/α-hetero) is 1. The molecular formula is C28H26ClNO5. The maximum absolute atomic E-state index is 13.3. The first-order valence-electron chi connectivity index (χ1n) is 11.4. The SMILES string of the molecule is CCOc1ccc(/C(O)=C2/C(=O)C(=O)N(c3ccc(Cl)cc3)C2c2cccc(O)c2)cc1C(C)C. The second-order valence-corrected chi connectivity index (χ2v) is 9.02. The quantitative estimate of drug-likeness (QED) is 0.244. The summed E-state index contributed by atoms with van der Waals surface area (Å²) in [6.45, 7) is 6.40. The fourth-order valence-corrected chi connectivity index (χ4v) is 4.43. The maximum Gasteiger partial charge on any atom is 0.300 e. The number of rotatable bonds is 6. The predicted molar refractivity (Wildman–Crippen MR) is 136 cm³/mol. The molecule has 0 bridgehead atoms. The van der Waals surface area contributed by atoms with E-state index in [0.29, 0.717) is 34.2 Å². The molecule has 1 aliphatic rings. The number of ketones is 1. The molecule has 1 saturated heterocycles. The Morgan fingerprint density at radius 2 is 1.77 bits per heavy atom. The van der Waals surface area contributed by atoms with Gasteiger partial charge in [0.2, 0.25) is 0 Å². The van der Waals surface area contributed by atoms with E-state index in [1.165, 1.54) is 17.0 Å². The molecule has 3 aromatic carbocycles. The summed E-state index contributed by atoms with van der Waals surface area (Å²) in [5.74, 6) is -1.11. The molecular weight excluding hydrogens is 466 g/mol. The molecule has 6 nitrogen and oxygen atoms in total. The van der Waals surface area contributed by atoms with Gasteiger partial charge in [0.1, 0.15) is 17.3 Å². The number of phenols is 1. The summed E-state index contributed by atoms with van der Waals surface area (Å²) in [7, 11) is 0. The molecule has 3 aromatic rings. The van der Waals surface area contributed by atoms with Crippen LogP contribution < -0.4 is 9.64 Å². The van der Waals surface area contributed by atoms with Crippen molar-refractivity contribution in [1.29, 1.82) is 0 Å². The minimum Gasteiger partial charge on any atom is -0.508 e. The van der Waals surface area contributed by atoms with E-state index in [1.54, 1.807) is 54.6 Å². The maximum atomic E-state index is 13.3. The number of phenolic OH excluding ortho intramolecular Hbond substituents is 1. The summed E-state index contributed by atoms with van der Waals surface area (Å²) in [5.41, 5.74) is 2.14. The van der Waals surface area contributed by atoms with Crippen LogP contribution in [0.4, 0.5) is 5.69 Å². The van der Waals surface area contributed by atoms with Crippen molar-refractivity contribution in [1.82, 2.24) is 0 Å². The molecule has 1 atom stereocenters. The van der Waals surface area contributed by atoms with E-state index in [4.69, 9.17) is 16.3 Å². The lowest BCUT2D eigenvalue weighted by atomic mass is 9.93. The molecule has 7 heteroatoms. The Hall–Kier alpha value is -3.77. The number of hydrogen-bond donors (Lipinski definition) is 2. The van der Waals surface area contributed by atoms with Crippen molar-refractivity contribution in [3.63, 3.8) is 0 Å². The molecule has 0 aliphatic carbocycles. The number of hydrogen-bond acceptors (Lipinski definition) is 5. The van der Waals surface area contributed by atoms with E-state index in [0.717, 1.165) is 5.56 Å². The van der Waals surface area contributed by atoms with E-state index in [2.05, 4.69) is 0 Å². The first-order chi connectivity index (χ1) is 16.7. The molecule has 4 rings (SSSR count). The Labute approximate surface area is 209 Å². The van der Waals surface area contributed by atoms with Crippen molar-refractivity contribution in [2.75, 3.05) is 11.5 Å². The fraction of sp³-hybridized carbons (Fsp3) is 0.214. The zero-order chi connectivity index (χ0) is 25.3. The minimum absolute atomic E-state index is 0.0210. The highest BCUT2D eigenvalue weighted by Crippen LogP contribution is 2.43. The van der Waals surface area contributed by atoms with Crippen LogP contribution in [0.2, 0.25) is 5.02 Å². The molecule has 1 fully saturated rings. The van der Waals surface area contributed by atoms with Crippen LogP contribution in [0.5, 0.6) is 11.5 Å². The lowest BCUT2D eigenvalue weighted by Gasteiger charge is -2.25. The van der Waals surface area contributed by atoms with Gasteiger partial charge in [0.05, 0.1) is 18.2 Å². The van der Waals surface area contributed by atoms with E-state index >= 15 is 0 Å². The van der Waals surface area contributed by atoms with E-state index < -0.39 is 17.7 Å². The number of ether oxygens (including phenoxy) is 1. The van der Waals surface area contributed by atoms with Crippen molar-refractivity contribution in [3.05, 3.63) is 94.0 Å². The summed E-state index contributed by atoms with van der Waals surface area (Å²) in [5, 5.41) is 22.0. The van der Waals surface area contributed by atoms with Gasteiger partial charge in [0.15, 0.2) is 0 Å². The zero-order valence-corrected chi connectivity index (χ0v) is 20.4. The van der Waals surface area contributed by atoms with Crippen molar-refractivity contribution >= 4 is 34.7 Å². The number of aliphatic hydroxyl groups excluding tert-OH is 1. The van der Waals surface area contributed by atoms with Crippen LogP contribution >= 0.6 is 11.6 Å². The molecule has 1 unspecified atom stereocenters. The molecule has 35 heavy (non-hydrogen) atoms. The van der Waals surface area contributed by atoms with Crippen molar-refractivity contribution < 1.29 is 24.5 Å². The molecule has 0 aromatic heterocycles. The van der Waals surface area contributed by atoms with Crippen molar-refractivity contribution in [2.45, 2.75) is 32.7 Å². The normalized spacial score (nSPS) is 17.3. The van der Waals surface area contributed by atoms with Crippen LogP contribution in [-0.2, 0) is 9.59 Å². The van der Waals surface area contributed by atoms with Crippen molar-refractivity contribution in [2.24, 2.45) is 0 Å². The van der Waals surface area contributed by atoms with Gasteiger partial charge in [-0.15, -0.1) is 0 Å². The standard InChI is InChI=1S/C28H26ClNO5/c1-4-35-23-13-8-18(15-22(23)16(2)3)26(32)24-25(17-6-5-7-21(31)14-17)30(28(34)27(24)33)20-11-9-19(29)10-12-20/h5-16,25,31-32H,4H2,1-3H3/b26-24-. The lowest BCUT2D eigenvalue weighted by molar-refractivity contribution is -0.132. The van der Waals surface area contributed by atoms with Gasteiger partial charge in [-0.2, -0.15) is 0 Å². The van der Waals surface area contributed by atoms with Crippen LogP contribution in [0.3, 0.4) is 0 Å². The number of halogens is 1.